The predicted octanol–water partition coefficient (Wildman–Crippen LogP) is 2.22. The van der Waals surface area contributed by atoms with Gasteiger partial charge in [0, 0.05) is 11.3 Å². The molecule has 114 valence electrons. The lowest BCUT2D eigenvalue weighted by molar-refractivity contribution is -0.139. The van der Waals surface area contributed by atoms with Gasteiger partial charge in [-0.05, 0) is 49.6 Å². The number of thioether (sulfide) groups is 1. The number of carboxylic acid groups (broad SMARTS) is 1. The van der Waals surface area contributed by atoms with Gasteiger partial charge in [0.1, 0.15) is 6.04 Å². The average Bonchev–Trinajstić information content (AvgIpc) is 2.43. The molecule has 1 rings (SSSR count). The molecule has 1 atom stereocenters. The SMILES string of the molecule is CSCCC(NC(=O)Nc1ccc(C(C)=O)cc1)C(=O)O. The Morgan fingerprint density at radius 3 is 2.33 bits per heavy atom. The zero-order valence-corrected chi connectivity index (χ0v) is 12.7. The van der Waals surface area contributed by atoms with Gasteiger partial charge in [0.25, 0.3) is 0 Å². The number of urea groups is 1. The molecule has 7 heteroatoms. The van der Waals surface area contributed by atoms with Gasteiger partial charge >= 0.3 is 12.0 Å². The summed E-state index contributed by atoms with van der Waals surface area (Å²) in [5.41, 5.74) is 1.04. The van der Waals surface area contributed by atoms with Crippen molar-refractivity contribution in [3.63, 3.8) is 0 Å². The fourth-order valence-corrected chi connectivity index (χ4v) is 2.08. The Bertz CT molecular complexity index is 516. The average molecular weight is 310 g/mol. The van der Waals surface area contributed by atoms with E-state index in [2.05, 4.69) is 10.6 Å². The number of anilines is 1. The molecule has 0 spiro atoms. The van der Waals surface area contributed by atoms with Crippen LogP contribution in [0.3, 0.4) is 0 Å². The van der Waals surface area contributed by atoms with Crippen molar-refractivity contribution in [2.45, 2.75) is 19.4 Å². The molecule has 2 amide bonds. The van der Waals surface area contributed by atoms with Crippen LogP contribution < -0.4 is 10.6 Å². The predicted molar refractivity (Wildman–Crippen MR) is 83.0 cm³/mol. The molecule has 0 saturated heterocycles. The summed E-state index contributed by atoms with van der Waals surface area (Å²) < 4.78 is 0. The number of carbonyl (C=O) groups is 3. The summed E-state index contributed by atoms with van der Waals surface area (Å²) in [6.45, 7) is 1.46. The van der Waals surface area contributed by atoms with Gasteiger partial charge in [-0.2, -0.15) is 11.8 Å². The molecule has 21 heavy (non-hydrogen) atoms. The van der Waals surface area contributed by atoms with E-state index in [0.29, 0.717) is 23.4 Å². The van der Waals surface area contributed by atoms with Crippen molar-refractivity contribution in [1.29, 1.82) is 0 Å². The largest absolute Gasteiger partial charge is 0.480 e. The molecule has 0 heterocycles. The van der Waals surface area contributed by atoms with Gasteiger partial charge in [-0.3, -0.25) is 4.79 Å². The summed E-state index contributed by atoms with van der Waals surface area (Å²) in [6.07, 6.45) is 2.22. The molecule has 0 aliphatic rings. The minimum atomic E-state index is -1.06. The molecule has 0 aromatic heterocycles. The van der Waals surface area contributed by atoms with E-state index in [-0.39, 0.29) is 5.78 Å². The van der Waals surface area contributed by atoms with Crippen LogP contribution in [0.5, 0.6) is 0 Å². The number of Topliss-reactive ketones (excluding diaryl/α,β-unsaturated/α-hetero) is 1. The fraction of sp³-hybridized carbons (Fsp3) is 0.357. The third-order valence-corrected chi connectivity index (χ3v) is 3.41. The van der Waals surface area contributed by atoms with Crippen LogP contribution in [-0.2, 0) is 4.79 Å². The zero-order valence-electron chi connectivity index (χ0n) is 11.9. The summed E-state index contributed by atoms with van der Waals surface area (Å²) in [4.78, 5) is 33.9. The molecular weight excluding hydrogens is 292 g/mol. The van der Waals surface area contributed by atoms with Crippen LogP contribution >= 0.6 is 11.8 Å². The van der Waals surface area contributed by atoms with Crippen molar-refractivity contribution in [3.05, 3.63) is 29.8 Å². The molecule has 0 saturated carbocycles. The first-order chi connectivity index (χ1) is 9.93. The lowest BCUT2D eigenvalue weighted by Crippen LogP contribution is -2.43. The number of hydrogen-bond acceptors (Lipinski definition) is 4. The fourth-order valence-electron chi connectivity index (χ4n) is 1.61. The third kappa shape index (κ3) is 5.86. The Morgan fingerprint density at radius 1 is 1.24 bits per heavy atom. The number of hydrogen-bond donors (Lipinski definition) is 3. The van der Waals surface area contributed by atoms with Crippen LogP contribution in [0.25, 0.3) is 0 Å². The lowest BCUT2D eigenvalue weighted by atomic mass is 10.1. The van der Waals surface area contributed by atoms with Crippen molar-refractivity contribution in [2.75, 3.05) is 17.3 Å². The second-order valence-corrected chi connectivity index (χ2v) is 5.39. The first-order valence-electron chi connectivity index (χ1n) is 6.34. The Hall–Kier alpha value is -2.02. The van der Waals surface area contributed by atoms with Gasteiger partial charge in [0.05, 0.1) is 0 Å². The highest BCUT2D eigenvalue weighted by Gasteiger charge is 2.19. The monoisotopic (exact) mass is 310 g/mol. The Morgan fingerprint density at radius 2 is 1.86 bits per heavy atom. The van der Waals surface area contributed by atoms with Gasteiger partial charge in [0.15, 0.2) is 5.78 Å². The van der Waals surface area contributed by atoms with Gasteiger partial charge in [-0.25, -0.2) is 9.59 Å². The highest BCUT2D eigenvalue weighted by molar-refractivity contribution is 7.98. The Kier molecular flexibility index (Phi) is 6.74. The third-order valence-electron chi connectivity index (χ3n) is 2.76. The van der Waals surface area contributed by atoms with Crippen LogP contribution in [0.2, 0.25) is 0 Å². The number of amides is 2. The van der Waals surface area contributed by atoms with Crippen molar-refractivity contribution < 1.29 is 19.5 Å². The number of carbonyl (C=O) groups excluding carboxylic acids is 2. The van der Waals surface area contributed by atoms with Gasteiger partial charge in [0.2, 0.25) is 0 Å². The number of rotatable bonds is 7. The van der Waals surface area contributed by atoms with E-state index in [1.165, 1.54) is 18.7 Å². The van der Waals surface area contributed by atoms with E-state index in [0.717, 1.165) is 0 Å². The minimum Gasteiger partial charge on any atom is -0.480 e. The number of aliphatic carboxylic acids is 1. The highest BCUT2D eigenvalue weighted by Crippen LogP contribution is 2.10. The molecular formula is C14H18N2O4S. The molecule has 1 aromatic carbocycles. The van der Waals surface area contributed by atoms with Crippen molar-refractivity contribution in [2.24, 2.45) is 0 Å². The quantitative estimate of drug-likeness (QED) is 0.671. The Labute approximate surface area is 127 Å². The normalized spacial score (nSPS) is 11.5. The van der Waals surface area contributed by atoms with E-state index < -0.39 is 18.0 Å². The number of nitrogens with one attached hydrogen (secondary N) is 2. The maximum atomic E-state index is 11.7. The van der Waals surface area contributed by atoms with E-state index >= 15 is 0 Å². The highest BCUT2D eigenvalue weighted by atomic mass is 32.2. The minimum absolute atomic E-state index is 0.0611. The van der Waals surface area contributed by atoms with Gasteiger partial charge < -0.3 is 15.7 Å². The van der Waals surface area contributed by atoms with Crippen LogP contribution in [0.1, 0.15) is 23.7 Å². The van der Waals surface area contributed by atoms with E-state index in [1.807, 2.05) is 6.26 Å². The summed E-state index contributed by atoms with van der Waals surface area (Å²) >= 11 is 1.52. The maximum absolute atomic E-state index is 11.7. The molecule has 0 aliphatic heterocycles. The molecule has 3 N–H and O–H groups in total. The van der Waals surface area contributed by atoms with E-state index in [9.17, 15) is 14.4 Å². The second-order valence-electron chi connectivity index (χ2n) is 4.40. The van der Waals surface area contributed by atoms with Crippen LogP contribution in [0.4, 0.5) is 10.5 Å². The first-order valence-corrected chi connectivity index (χ1v) is 7.73. The summed E-state index contributed by atoms with van der Waals surface area (Å²) in [5.74, 6) is -0.481. The van der Waals surface area contributed by atoms with E-state index in [1.54, 1.807) is 24.3 Å². The number of carboxylic acids is 1. The summed E-state index contributed by atoms with van der Waals surface area (Å²) in [7, 11) is 0. The molecule has 0 bridgehead atoms. The van der Waals surface area contributed by atoms with Crippen molar-refractivity contribution in [3.8, 4) is 0 Å². The molecule has 1 unspecified atom stereocenters. The topological polar surface area (TPSA) is 95.5 Å². The zero-order chi connectivity index (χ0) is 15.8. The van der Waals surface area contributed by atoms with Crippen molar-refractivity contribution >= 4 is 35.2 Å². The van der Waals surface area contributed by atoms with Crippen molar-refractivity contribution in [1.82, 2.24) is 5.32 Å². The first kappa shape index (κ1) is 17.0. The number of benzene rings is 1. The van der Waals surface area contributed by atoms with Crippen LogP contribution in [0, 0.1) is 0 Å². The molecule has 1 aromatic rings. The van der Waals surface area contributed by atoms with Gasteiger partial charge in [-0.15, -0.1) is 0 Å². The molecule has 0 radical (unpaired) electrons. The second kappa shape index (κ2) is 8.31. The molecule has 6 nitrogen and oxygen atoms in total. The van der Waals surface area contributed by atoms with Crippen LogP contribution in [0.15, 0.2) is 24.3 Å². The molecule has 0 aliphatic carbocycles. The van der Waals surface area contributed by atoms with Crippen LogP contribution in [-0.4, -0.2) is 40.9 Å². The smallest absolute Gasteiger partial charge is 0.326 e. The standard InChI is InChI=1S/C14H18N2O4S/c1-9(17)10-3-5-11(6-4-10)15-14(20)16-12(13(18)19)7-8-21-2/h3-6,12H,7-8H2,1-2H3,(H,18,19)(H2,15,16,20). The lowest BCUT2D eigenvalue weighted by Gasteiger charge is -2.14. The number of ketones is 1. The maximum Gasteiger partial charge on any atom is 0.326 e. The van der Waals surface area contributed by atoms with E-state index in [4.69, 9.17) is 5.11 Å². The van der Waals surface area contributed by atoms with Gasteiger partial charge in [-0.1, -0.05) is 0 Å². The summed E-state index contributed by atoms with van der Waals surface area (Å²) in [5, 5.41) is 14.0. The summed E-state index contributed by atoms with van der Waals surface area (Å²) in [6, 6.07) is 4.87. The molecule has 0 fully saturated rings. The Balaban J connectivity index is 2.59.